The molecule has 0 spiro atoms. The first-order valence-electron chi connectivity index (χ1n) is 7.67. The van der Waals surface area contributed by atoms with Gasteiger partial charge in [0, 0.05) is 38.4 Å². The molecule has 0 bridgehead atoms. The average Bonchev–Trinajstić information content (AvgIpc) is 3.22. The average molecular weight is 277 g/mol. The Kier molecular flexibility index (Phi) is 5.04. The Labute approximate surface area is 121 Å². The minimum Gasteiger partial charge on any atom is -0.356 e. The molecule has 1 heterocycles. The van der Waals surface area contributed by atoms with Crippen LogP contribution in [0.4, 0.5) is 0 Å². The van der Waals surface area contributed by atoms with E-state index in [1.807, 2.05) is 18.8 Å². The molecule has 1 aromatic rings. The number of aliphatic imine (C=N–C) groups is 1. The van der Waals surface area contributed by atoms with E-state index in [0.29, 0.717) is 0 Å². The number of guanidine groups is 1. The predicted octanol–water partition coefficient (Wildman–Crippen LogP) is 1.62. The van der Waals surface area contributed by atoms with Gasteiger partial charge >= 0.3 is 0 Å². The van der Waals surface area contributed by atoms with E-state index in [-0.39, 0.29) is 0 Å². The molecular weight excluding hydrogens is 250 g/mol. The standard InChI is InChI=1S/C15H27N5/c1-5-13-12(14(6-2)20(4)19-13)10-18-15(16-3)17-9-11-7-8-11/h11H,5-10H2,1-4H3,(H2,16,17,18). The second-order valence-corrected chi connectivity index (χ2v) is 5.45. The highest BCUT2D eigenvalue weighted by Gasteiger charge is 2.21. The smallest absolute Gasteiger partial charge is 0.191 e. The highest BCUT2D eigenvalue weighted by atomic mass is 15.3. The van der Waals surface area contributed by atoms with E-state index in [1.165, 1.54) is 29.8 Å². The maximum Gasteiger partial charge on any atom is 0.191 e. The Balaban J connectivity index is 1.97. The van der Waals surface area contributed by atoms with E-state index in [4.69, 9.17) is 0 Å². The van der Waals surface area contributed by atoms with Crippen molar-refractivity contribution in [2.45, 2.75) is 46.1 Å². The number of rotatable bonds is 6. The second-order valence-electron chi connectivity index (χ2n) is 5.45. The van der Waals surface area contributed by atoms with Gasteiger partial charge in [-0.15, -0.1) is 0 Å². The fourth-order valence-electron chi connectivity index (χ4n) is 2.55. The van der Waals surface area contributed by atoms with Crippen molar-refractivity contribution in [3.05, 3.63) is 17.0 Å². The normalized spacial score (nSPS) is 15.5. The summed E-state index contributed by atoms with van der Waals surface area (Å²) in [5.74, 6) is 1.74. The minimum absolute atomic E-state index is 0.796. The third kappa shape index (κ3) is 3.52. The minimum atomic E-state index is 0.796. The third-order valence-electron chi connectivity index (χ3n) is 3.94. The lowest BCUT2D eigenvalue weighted by Crippen LogP contribution is -2.38. The van der Waals surface area contributed by atoms with Crippen molar-refractivity contribution in [2.75, 3.05) is 13.6 Å². The van der Waals surface area contributed by atoms with Crippen LogP contribution in [-0.4, -0.2) is 29.3 Å². The fraction of sp³-hybridized carbons (Fsp3) is 0.733. The van der Waals surface area contributed by atoms with Crippen LogP contribution in [0.15, 0.2) is 4.99 Å². The zero-order chi connectivity index (χ0) is 14.5. The van der Waals surface area contributed by atoms with Crippen LogP contribution in [0.3, 0.4) is 0 Å². The van der Waals surface area contributed by atoms with Gasteiger partial charge in [-0.25, -0.2) is 0 Å². The van der Waals surface area contributed by atoms with Crippen LogP contribution in [-0.2, 0) is 26.4 Å². The number of hydrogen-bond acceptors (Lipinski definition) is 2. The summed E-state index contributed by atoms with van der Waals surface area (Å²) in [4.78, 5) is 4.29. The van der Waals surface area contributed by atoms with Crippen molar-refractivity contribution in [1.82, 2.24) is 20.4 Å². The molecule has 0 radical (unpaired) electrons. The molecule has 0 saturated heterocycles. The zero-order valence-electron chi connectivity index (χ0n) is 13.2. The molecule has 112 valence electrons. The van der Waals surface area contributed by atoms with Gasteiger partial charge < -0.3 is 10.6 Å². The van der Waals surface area contributed by atoms with Gasteiger partial charge in [0.2, 0.25) is 0 Å². The molecule has 0 atom stereocenters. The number of nitrogens with one attached hydrogen (secondary N) is 2. The molecular formula is C15H27N5. The first-order valence-corrected chi connectivity index (χ1v) is 7.67. The summed E-state index contributed by atoms with van der Waals surface area (Å²) in [6.45, 7) is 6.17. The Bertz CT molecular complexity index is 471. The van der Waals surface area contributed by atoms with Gasteiger partial charge in [-0.2, -0.15) is 5.10 Å². The number of hydrogen-bond donors (Lipinski definition) is 2. The van der Waals surface area contributed by atoms with Crippen LogP contribution in [0, 0.1) is 5.92 Å². The van der Waals surface area contributed by atoms with E-state index in [9.17, 15) is 0 Å². The number of nitrogens with zero attached hydrogens (tertiary/aromatic N) is 3. The monoisotopic (exact) mass is 277 g/mol. The second kappa shape index (κ2) is 6.77. The molecule has 2 rings (SSSR count). The summed E-state index contributed by atoms with van der Waals surface area (Å²) in [7, 11) is 3.86. The first-order chi connectivity index (χ1) is 9.69. The van der Waals surface area contributed by atoms with Crippen molar-refractivity contribution in [3.63, 3.8) is 0 Å². The maximum absolute atomic E-state index is 4.60. The Morgan fingerprint density at radius 3 is 2.60 bits per heavy atom. The summed E-state index contributed by atoms with van der Waals surface area (Å²) in [5, 5.41) is 11.4. The van der Waals surface area contributed by atoms with Gasteiger partial charge in [-0.1, -0.05) is 13.8 Å². The molecule has 1 aromatic heterocycles. The van der Waals surface area contributed by atoms with Gasteiger partial charge in [0.15, 0.2) is 5.96 Å². The third-order valence-corrected chi connectivity index (χ3v) is 3.94. The molecule has 0 aromatic carbocycles. The van der Waals surface area contributed by atoms with Crippen molar-refractivity contribution < 1.29 is 0 Å². The summed E-state index contributed by atoms with van der Waals surface area (Å²) < 4.78 is 2.01. The number of aromatic nitrogens is 2. The molecule has 0 unspecified atom stereocenters. The first kappa shape index (κ1) is 14.9. The van der Waals surface area contributed by atoms with Crippen LogP contribution in [0.1, 0.15) is 43.6 Å². The van der Waals surface area contributed by atoms with Gasteiger partial charge in [-0.05, 0) is 31.6 Å². The van der Waals surface area contributed by atoms with Crippen molar-refractivity contribution in [3.8, 4) is 0 Å². The van der Waals surface area contributed by atoms with Crippen LogP contribution in [0.25, 0.3) is 0 Å². The molecule has 20 heavy (non-hydrogen) atoms. The van der Waals surface area contributed by atoms with E-state index in [1.54, 1.807) is 0 Å². The fourth-order valence-corrected chi connectivity index (χ4v) is 2.55. The van der Waals surface area contributed by atoms with E-state index in [2.05, 4.69) is 34.6 Å². The Morgan fingerprint density at radius 2 is 2.05 bits per heavy atom. The topological polar surface area (TPSA) is 54.2 Å². The zero-order valence-corrected chi connectivity index (χ0v) is 13.2. The van der Waals surface area contributed by atoms with E-state index < -0.39 is 0 Å². The lowest BCUT2D eigenvalue weighted by atomic mass is 10.1. The highest BCUT2D eigenvalue weighted by molar-refractivity contribution is 5.79. The summed E-state index contributed by atoms with van der Waals surface area (Å²) in [6.07, 6.45) is 4.69. The predicted molar refractivity (Wildman–Crippen MR) is 82.9 cm³/mol. The largest absolute Gasteiger partial charge is 0.356 e. The number of aryl methyl sites for hydroxylation is 2. The lowest BCUT2D eigenvalue weighted by molar-refractivity contribution is 0.701. The Hall–Kier alpha value is -1.52. The Morgan fingerprint density at radius 1 is 1.30 bits per heavy atom. The molecule has 5 nitrogen and oxygen atoms in total. The SMILES string of the molecule is CCc1nn(C)c(CC)c1CNC(=NC)NCC1CC1. The van der Waals surface area contributed by atoms with Crippen molar-refractivity contribution in [1.29, 1.82) is 0 Å². The van der Waals surface area contributed by atoms with E-state index >= 15 is 0 Å². The molecule has 1 aliphatic carbocycles. The van der Waals surface area contributed by atoms with Gasteiger partial charge in [0.25, 0.3) is 0 Å². The molecule has 1 saturated carbocycles. The molecule has 1 fully saturated rings. The molecule has 0 aliphatic heterocycles. The summed E-state index contributed by atoms with van der Waals surface area (Å²) in [5.41, 5.74) is 3.83. The molecule has 0 amide bonds. The van der Waals surface area contributed by atoms with Crippen LogP contribution >= 0.6 is 0 Å². The van der Waals surface area contributed by atoms with Gasteiger partial charge in [0.1, 0.15) is 0 Å². The van der Waals surface area contributed by atoms with Gasteiger partial charge in [0.05, 0.1) is 5.69 Å². The van der Waals surface area contributed by atoms with Crippen LogP contribution < -0.4 is 10.6 Å². The van der Waals surface area contributed by atoms with Crippen molar-refractivity contribution in [2.24, 2.45) is 18.0 Å². The van der Waals surface area contributed by atoms with Gasteiger partial charge in [-0.3, -0.25) is 9.67 Å². The summed E-state index contributed by atoms with van der Waals surface area (Å²) in [6, 6.07) is 0. The maximum atomic E-state index is 4.60. The van der Waals surface area contributed by atoms with Crippen LogP contribution in [0.5, 0.6) is 0 Å². The quantitative estimate of drug-likeness (QED) is 0.614. The highest BCUT2D eigenvalue weighted by Crippen LogP contribution is 2.27. The lowest BCUT2D eigenvalue weighted by Gasteiger charge is -2.12. The molecule has 2 N–H and O–H groups in total. The van der Waals surface area contributed by atoms with Crippen molar-refractivity contribution >= 4 is 5.96 Å². The molecule has 5 heteroatoms. The van der Waals surface area contributed by atoms with Crippen LogP contribution in [0.2, 0.25) is 0 Å². The van der Waals surface area contributed by atoms with E-state index in [0.717, 1.165) is 37.8 Å². The summed E-state index contributed by atoms with van der Waals surface area (Å²) >= 11 is 0. The molecule has 1 aliphatic rings.